The lowest BCUT2D eigenvalue weighted by Gasteiger charge is -2.07. The van der Waals surface area contributed by atoms with Gasteiger partial charge in [-0.05, 0) is 59.7 Å². The highest BCUT2D eigenvalue weighted by Gasteiger charge is 2.08. The number of aryl methyl sites for hydroxylation is 1. The molecule has 0 radical (unpaired) electrons. The highest BCUT2D eigenvalue weighted by atomic mass is 16.1. The number of rotatable bonds is 3. The van der Waals surface area contributed by atoms with Crippen LogP contribution >= 0.6 is 0 Å². The molecule has 0 aliphatic carbocycles. The van der Waals surface area contributed by atoms with Gasteiger partial charge in [0, 0.05) is 29.2 Å². The predicted octanol–water partition coefficient (Wildman–Crippen LogP) is 5.72. The van der Waals surface area contributed by atoms with Crippen molar-refractivity contribution in [1.29, 1.82) is 0 Å². The van der Waals surface area contributed by atoms with Gasteiger partial charge in [0.25, 0.3) is 5.91 Å². The van der Waals surface area contributed by atoms with Gasteiger partial charge in [-0.3, -0.25) is 4.79 Å². The van der Waals surface area contributed by atoms with Crippen molar-refractivity contribution in [3.63, 3.8) is 0 Å². The maximum absolute atomic E-state index is 12.6. The molecule has 0 aliphatic heterocycles. The second kappa shape index (κ2) is 6.91. The molecule has 0 saturated carbocycles. The Bertz CT molecular complexity index is 1350. The maximum atomic E-state index is 12.6. The summed E-state index contributed by atoms with van der Waals surface area (Å²) < 4.78 is 2.01. The van der Waals surface area contributed by atoms with Crippen molar-refractivity contribution in [3.8, 4) is 11.3 Å². The van der Waals surface area contributed by atoms with Crippen LogP contribution < -0.4 is 5.32 Å². The fourth-order valence-electron chi connectivity index (χ4n) is 3.48. The highest BCUT2D eigenvalue weighted by Crippen LogP contribution is 2.22. The smallest absolute Gasteiger partial charge is 0.255 e. The van der Waals surface area contributed by atoms with E-state index in [2.05, 4.69) is 29.4 Å². The number of imidazole rings is 1. The number of hydrogen-bond acceptors (Lipinski definition) is 2. The van der Waals surface area contributed by atoms with Crippen LogP contribution in [0.15, 0.2) is 91.3 Å². The van der Waals surface area contributed by atoms with Gasteiger partial charge in [-0.2, -0.15) is 0 Å². The van der Waals surface area contributed by atoms with Gasteiger partial charge in [0.1, 0.15) is 5.65 Å². The summed E-state index contributed by atoms with van der Waals surface area (Å²) in [6.45, 7) is 2.06. The Hall–Kier alpha value is -3.92. The van der Waals surface area contributed by atoms with Crippen LogP contribution in [-0.2, 0) is 0 Å². The van der Waals surface area contributed by atoms with Gasteiger partial charge in [-0.15, -0.1) is 0 Å². The third kappa shape index (κ3) is 3.36. The van der Waals surface area contributed by atoms with E-state index in [1.54, 1.807) is 0 Å². The van der Waals surface area contributed by atoms with Gasteiger partial charge in [0.2, 0.25) is 0 Å². The number of hydrogen-bond donors (Lipinski definition) is 1. The number of anilines is 1. The molecule has 0 spiro atoms. The molecule has 2 aromatic heterocycles. The van der Waals surface area contributed by atoms with Crippen LogP contribution in [0.5, 0.6) is 0 Å². The molecule has 0 saturated heterocycles. The van der Waals surface area contributed by atoms with Crippen LogP contribution in [0, 0.1) is 6.92 Å². The third-order valence-electron chi connectivity index (χ3n) is 5.07. The summed E-state index contributed by atoms with van der Waals surface area (Å²) in [6, 6.07) is 25.6. The second-order valence-corrected chi connectivity index (χ2v) is 7.19. The second-order valence-electron chi connectivity index (χ2n) is 7.19. The van der Waals surface area contributed by atoms with Gasteiger partial charge >= 0.3 is 0 Å². The molecule has 0 atom stereocenters. The number of carbonyl (C=O) groups is 1. The number of benzene rings is 3. The summed E-state index contributed by atoms with van der Waals surface area (Å²) in [6.07, 6.45) is 4.02. The van der Waals surface area contributed by atoms with Crippen molar-refractivity contribution >= 4 is 28.0 Å². The lowest BCUT2D eigenvalue weighted by atomic mass is 10.1. The van der Waals surface area contributed by atoms with Gasteiger partial charge in [0.05, 0.1) is 5.69 Å². The third-order valence-corrected chi connectivity index (χ3v) is 5.07. The van der Waals surface area contributed by atoms with Crippen LogP contribution in [0.4, 0.5) is 5.69 Å². The van der Waals surface area contributed by atoms with E-state index < -0.39 is 0 Å². The molecule has 0 aliphatic rings. The number of pyridine rings is 1. The van der Waals surface area contributed by atoms with E-state index in [0.29, 0.717) is 5.56 Å². The van der Waals surface area contributed by atoms with Crippen LogP contribution in [0.2, 0.25) is 0 Å². The minimum atomic E-state index is -0.119. The molecular formula is C25H19N3O. The highest BCUT2D eigenvalue weighted by molar-refractivity contribution is 6.06. The van der Waals surface area contributed by atoms with E-state index in [4.69, 9.17) is 0 Å². The number of nitrogens with zero attached hydrogens (tertiary/aromatic N) is 2. The fraction of sp³-hybridized carbons (Fsp3) is 0.0400. The first-order chi connectivity index (χ1) is 14.2. The number of fused-ring (bicyclic) bond motifs is 2. The first-order valence-corrected chi connectivity index (χ1v) is 9.52. The first kappa shape index (κ1) is 17.2. The number of aromatic nitrogens is 2. The van der Waals surface area contributed by atoms with Crippen LogP contribution in [-0.4, -0.2) is 15.3 Å². The average molecular weight is 377 g/mol. The molecule has 0 bridgehead atoms. The van der Waals surface area contributed by atoms with E-state index in [9.17, 15) is 4.79 Å². The molecular weight excluding hydrogens is 358 g/mol. The molecule has 0 unspecified atom stereocenters. The van der Waals surface area contributed by atoms with Gasteiger partial charge in [-0.1, -0.05) is 42.5 Å². The zero-order chi connectivity index (χ0) is 19.8. The van der Waals surface area contributed by atoms with Crippen molar-refractivity contribution in [1.82, 2.24) is 9.38 Å². The van der Waals surface area contributed by atoms with Gasteiger partial charge < -0.3 is 9.72 Å². The molecule has 3 aromatic carbocycles. The molecule has 5 rings (SSSR count). The van der Waals surface area contributed by atoms with Crippen LogP contribution in [0.1, 0.15) is 15.9 Å². The molecule has 4 heteroatoms. The van der Waals surface area contributed by atoms with Crippen molar-refractivity contribution in [2.75, 3.05) is 5.32 Å². The largest absolute Gasteiger partial charge is 0.322 e. The number of nitrogens with one attached hydrogen (secondary N) is 1. The Morgan fingerprint density at radius 1 is 0.897 bits per heavy atom. The Kier molecular flexibility index (Phi) is 4.10. The molecule has 140 valence electrons. The summed E-state index contributed by atoms with van der Waals surface area (Å²) in [4.78, 5) is 17.3. The van der Waals surface area contributed by atoms with E-state index >= 15 is 0 Å². The lowest BCUT2D eigenvalue weighted by molar-refractivity contribution is 0.102. The van der Waals surface area contributed by atoms with Gasteiger partial charge in [-0.25, -0.2) is 4.98 Å². The van der Waals surface area contributed by atoms with Crippen molar-refractivity contribution in [2.24, 2.45) is 0 Å². The molecule has 0 fully saturated rings. The maximum Gasteiger partial charge on any atom is 0.255 e. The zero-order valence-electron chi connectivity index (χ0n) is 16.0. The molecule has 1 amide bonds. The van der Waals surface area contributed by atoms with E-state index in [1.807, 2.05) is 83.5 Å². The molecule has 5 aromatic rings. The summed E-state index contributed by atoms with van der Waals surface area (Å²) in [5.41, 5.74) is 5.42. The van der Waals surface area contributed by atoms with Crippen molar-refractivity contribution < 1.29 is 4.79 Å². The summed E-state index contributed by atoms with van der Waals surface area (Å²) in [5.74, 6) is -0.119. The molecule has 1 N–H and O–H groups in total. The monoisotopic (exact) mass is 377 g/mol. The normalized spacial score (nSPS) is 11.1. The fourth-order valence-corrected chi connectivity index (χ4v) is 3.48. The quantitative estimate of drug-likeness (QED) is 0.437. The lowest BCUT2D eigenvalue weighted by Crippen LogP contribution is -2.11. The summed E-state index contributed by atoms with van der Waals surface area (Å²) in [5, 5.41) is 5.15. The van der Waals surface area contributed by atoms with Gasteiger partial charge in [0.15, 0.2) is 0 Å². The standard InChI is InChI=1S/C25H19N3O/c1-17-12-13-28-16-23(27-24(28)14-17)19-8-10-22(11-9-19)26-25(29)21-7-6-18-4-2-3-5-20(18)15-21/h2-16H,1H3,(H,26,29). The zero-order valence-corrected chi connectivity index (χ0v) is 16.0. The van der Waals surface area contributed by atoms with Crippen LogP contribution in [0.25, 0.3) is 27.7 Å². The first-order valence-electron chi connectivity index (χ1n) is 9.52. The van der Waals surface area contributed by atoms with E-state index in [1.165, 1.54) is 5.56 Å². The van der Waals surface area contributed by atoms with Crippen molar-refractivity contribution in [3.05, 3.63) is 102 Å². The Balaban J connectivity index is 1.37. The topological polar surface area (TPSA) is 46.4 Å². The van der Waals surface area contributed by atoms with Crippen LogP contribution in [0.3, 0.4) is 0 Å². The summed E-state index contributed by atoms with van der Waals surface area (Å²) in [7, 11) is 0. The molecule has 29 heavy (non-hydrogen) atoms. The minimum absolute atomic E-state index is 0.119. The van der Waals surface area contributed by atoms with E-state index in [-0.39, 0.29) is 5.91 Å². The Labute approximate surface area is 168 Å². The average Bonchev–Trinajstić information content (AvgIpc) is 3.17. The summed E-state index contributed by atoms with van der Waals surface area (Å²) >= 11 is 0. The Morgan fingerprint density at radius 3 is 2.52 bits per heavy atom. The number of carbonyl (C=O) groups excluding carboxylic acids is 1. The number of amides is 1. The minimum Gasteiger partial charge on any atom is -0.322 e. The van der Waals surface area contributed by atoms with E-state index in [0.717, 1.165) is 33.4 Å². The van der Waals surface area contributed by atoms with Crippen molar-refractivity contribution in [2.45, 2.75) is 6.92 Å². The molecule has 2 heterocycles. The predicted molar refractivity (Wildman–Crippen MR) is 117 cm³/mol. The molecule has 4 nitrogen and oxygen atoms in total. The SMILES string of the molecule is Cc1ccn2cc(-c3ccc(NC(=O)c4ccc5ccccc5c4)cc3)nc2c1. The Morgan fingerprint density at radius 2 is 1.69 bits per heavy atom.